The Morgan fingerprint density at radius 2 is 1.64 bits per heavy atom. The minimum Gasteiger partial charge on any atom is -0.491 e. The molecule has 0 aliphatic carbocycles. The Morgan fingerprint density at radius 1 is 0.893 bits per heavy atom. The molecule has 6 heteroatoms. The Labute approximate surface area is 166 Å². The fraction of sp³-hybridized carbons (Fsp3) is 0.409. The molecule has 1 N–H and O–H groups in total. The molecule has 2 aromatic rings. The first kappa shape index (κ1) is 21.6. The van der Waals surface area contributed by atoms with E-state index in [0.29, 0.717) is 39.4 Å². The largest absolute Gasteiger partial charge is 0.491 e. The van der Waals surface area contributed by atoms with Gasteiger partial charge in [0.2, 0.25) is 5.91 Å². The highest BCUT2D eigenvalue weighted by Crippen LogP contribution is 2.28. The Balaban J connectivity index is 1.63. The lowest BCUT2D eigenvalue weighted by atomic mass is 10.1. The second-order valence-electron chi connectivity index (χ2n) is 5.96. The topological polar surface area (TPSA) is 66.0 Å². The zero-order chi connectivity index (χ0) is 20.0. The average molecular weight is 387 g/mol. The van der Waals surface area contributed by atoms with E-state index in [1.807, 2.05) is 62.4 Å². The zero-order valence-corrected chi connectivity index (χ0v) is 16.6. The van der Waals surface area contributed by atoms with Crippen LogP contribution in [0, 0.1) is 0 Å². The minimum absolute atomic E-state index is 0.0195. The molecule has 0 bridgehead atoms. The number of nitrogens with one attached hydrogen (secondary N) is 1. The van der Waals surface area contributed by atoms with Crippen molar-refractivity contribution < 1.29 is 23.7 Å². The maximum atomic E-state index is 11.9. The highest BCUT2D eigenvalue weighted by Gasteiger charge is 2.07. The Kier molecular flexibility index (Phi) is 9.72. The molecule has 0 saturated carbocycles. The predicted molar refractivity (Wildman–Crippen MR) is 108 cm³/mol. The van der Waals surface area contributed by atoms with Gasteiger partial charge in [0.1, 0.15) is 19.0 Å². The maximum absolute atomic E-state index is 11.9. The van der Waals surface area contributed by atoms with Crippen molar-refractivity contribution in [2.24, 2.45) is 0 Å². The highest BCUT2D eigenvalue weighted by atomic mass is 16.5. The van der Waals surface area contributed by atoms with Crippen LogP contribution in [0.25, 0.3) is 0 Å². The van der Waals surface area contributed by atoms with Crippen molar-refractivity contribution >= 4 is 5.91 Å². The summed E-state index contributed by atoms with van der Waals surface area (Å²) in [5, 5.41) is 2.85. The van der Waals surface area contributed by atoms with Gasteiger partial charge in [0.25, 0.3) is 0 Å². The van der Waals surface area contributed by atoms with Gasteiger partial charge in [-0.2, -0.15) is 0 Å². The summed E-state index contributed by atoms with van der Waals surface area (Å²) in [6.45, 7) is 6.36. The number of hydrogen-bond acceptors (Lipinski definition) is 5. The molecule has 28 heavy (non-hydrogen) atoms. The van der Waals surface area contributed by atoms with Gasteiger partial charge in [0.15, 0.2) is 11.5 Å². The van der Waals surface area contributed by atoms with Crippen LogP contribution in [0.5, 0.6) is 17.2 Å². The minimum atomic E-state index is -0.143. The van der Waals surface area contributed by atoms with Gasteiger partial charge in [-0.15, -0.1) is 0 Å². The molecular formula is C22H29NO5. The van der Waals surface area contributed by atoms with Crippen LogP contribution in [0.2, 0.25) is 0 Å². The average Bonchev–Trinajstić information content (AvgIpc) is 2.71. The van der Waals surface area contributed by atoms with E-state index >= 15 is 0 Å². The Bertz CT molecular complexity index is 705. The van der Waals surface area contributed by atoms with Gasteiger partial charge in [-0.05, 0) is 50.1 Å². The summed E-state index contributed by atoms with van der Waals surface area (Å²) >= 11 is 0. The predicted octanol–water partition coefficient (Wildman–Crippen LogP) is 3.24. The van der Waals surface area contributed by atoms with Crippen LogP contribution in [0.3, 0.4) is 0 Å². The lowest BCUT2D eigenvalue weighted by Gasteiger charge is -2.12. The smallest absolute Gasteiger partial charge is 0.246 e. The number of para-hydroxylation sites is 1. The summed E-state index contributed by atoms with van der Waals surface area (Å²) in [6, 6.07) is 15.3. The van der Waals surface area contributed by atoms with Crippen LogP contribution < -0.4 is 19.5 Å². The monoisotopic (exact) mass is 387 g/mol. The molecule has 0 fully saturated rings. The summed E-state index contributed by atoms with van der Waals surface area (Å²) in [4.78, 5) is 11.9. The van der Waals surface area contributed by atoms with E-state index in [-0.39, 0.29) is 12.5 Å². The third-order valence-electron chi connectivity index (χ3n) is 3.82. The third-order valence-corrected chi connectivity index (χ3v) is 3.82. The summed E-state index contributed by atoms with van der Waals surface area (Å²) in [7, 11) is 0. The molecule has 0 spiro atoms. The number of hydrogen-bond donors (Lipinski definition) is 1. The first-order chi connectivity index (χ1) is 13.7. The van der Waals surface area contributed by atoms with E-state index in [1.54, 1.807) is 0 Å². The molecule has 0 heterocycles. The SMILES string of the molecule is CCOc1ccc(CCNC(=O)COCCOc2ccccc2)cc1OCC. The van der Waals surface area contributed by atoms with Crippen LogP contribution in [-0.2, 0) is 16.0 Å². The van der Waals surface area contributed by atoms with Crippen molar-refractivity contribution in [3.05, 3.63) is 54.1 Å². The molecule has 0 aromatic heterocycles. The van der Waals surface area contributed by atoms with Crippen LogP contribution in [0.4, 0.5) is 0 Å². The summed E-state index contributed by atoms with van der Waals surface area (Å²) in [6.07, 6.45) is 0.704. The zero-order valence-electron chi connectivity index (χ0n) is 16.6. The summed E-state index contributed by atoms with van der Waals surface area (Å²) in [5.74, 6) is 2.12. The lowest BCUT2D eigenvalue weighted by molar-refractivity contribution is -0.125. The molecule has 152 valence electrons. The van der Waals surface area contributed by atoms with Crippen molar-refractivity contribution in [2.75, 3.05) is 39.6 Å². The van der Waals surface area contributed by atoms with Gasteiger partial charge in [-0.3, -0.25) is 4.79 Å². The number of carbonyl (C=O) groups excluding carboxylic acids is 1. The van der Waals surface area contributed by atoms with E-state index in [4.69, 9.17) is 18.9 Å². The van der Waals surface area contributed by atoms with Crippen molar-refractivity contribution in [3.63, 3.8) is 0 Å². The van der Waals surface area contributed by atoms with Gasteiger partial charge in [0.05, 0.1) is 19.8 Å². The van der Waals surface area contributed by atoms with Crippen LogP contribution >= 0.6 is 0 Å². The van der Waals surface area contributed by atoms with E-state index in [9.17, 15) is 4.79 Å². The second kappa shape index (κ2) is 12.6. The molecule has 0 aliphatic rings. The number of ether oxygens (including phenoxy) is 4. The van der Waals surface area contributed by atoms with E-state index in [0.717, 1.165) is 22.8 Å². The number of carbonyl (C=O) groups is 1. The summed E-state index contributed by atoms with van der Waals surface area (Å²) in [5.41, 5.74) is 1.07. The van der Waals surface area contributed by atoms with E-state index < -0.39 is 0 Å². The molecule has 2 aromatic carbocycles. The molecular weight excluding hydrogens is 358 g/mol. The van der Waals surface area contributed by atoms with Gasteiger partial charge in [0, 0.05) is 6.54 Å². The Hall–Kier alpha value is -2.73. The molecule has 0 radical (unpaired) electrons. The van der Waals surface area contributed by atoms with Crippen LogP contribution in [0.1, 0.15) is 19.4 Å². The van der Waals surface area contributed by atoms with Crippen molar-refractivity contribution in [1.29, 1.82) is 0 Å². The first-order valence-electron chi connectivity index (χ1n) is 9.63. The van der Waals surface area contributed by atoms with Gasteiger partial charge >= 0.3 is 0 Å². The van der Waals surface area contributed by atoms with Gasteiger partial charge in [-0.1, -0.05) is 24.3 Å². The van der Waals surface area contributed by atoms with Gasteiger partial charge in [-0.25, -0.2) is 0 Å². The molecule has 0 unspecified atom stereocenters. The van der Waals surface area contributed by atoms with Crippen molar-refractivity contribution in [1.82, 2.24) is 5.32 Å². The normalized spacial score (nSPS) is 10.4. The highest BCUT2D eigenvalue weighted by molar-refractivity contribution is 5.77. The molecule has 0 aliphatic heterocycles. The van der Waals surface area contributed by atoms with Crippen LogP contribution in [-0.4, -0.2) is 45.5 Å². The quantitative estimate of drug-likeness (QED) is 0.535. The molecule has 0 saturated heterocycles. The molecule has 6 nitrogen and oxygen atoms in total. The fourth-order valence-electron chi connectivity index (χ4n) is 2.55. The Morgan fingerprint density at radius 3 is 2.39 bits per heavy atom. The summed E-state index contributed by atoms with van der Waals surface area (Å²) < 4.78 is 22.0. The lowest BCUT2D eigenvalue weighted by Crippen LogP contribution is -2.30. The van der Waals surface area contributed by atoms with Crippen molar-refractivity contribution in [2.45, 2.75) is 20.3 Å². The molecule has 0 atom stereocenters. The fourth-order valence-corrected chi connectivity index (χ4v) is 2.55. The maximum Gasteiger partial charge on any atom is 0.246 e. The first-order valence-corrected chi connectivity index (χ1v) is 9.63. The number of benzene rings is 2. The van der Waals surface area contributed by atoms with E-state index in [2.05, 4.69) is 5.32 Å². The van der Waals surface area contributed by atoms with Gasteiger partial charge < -0.3 is 24.3 Å². The second-order valence-corrected chi connectivity index (χ2v) is 5.96. The van der Waals surface area contributed by atoms with Crippen LogP contribution in [0.15, 0.2) is 48.5 Å². The molecule has 1 amide bonds. The molecule has 2 rings (SSSR count). The third kappa shape index (κ3) is 7.88. The number of rotatable bonds is 13. The van der Waals surface area contributed by atoms with E-state index in [1.165, 1.54) is 0 Å². The standard InChI is InChI=1S/C22H29NO5/c1-3-26-20-11-10-18(16-21(20)27-4-2)12-13-23-22(24)17-25-14-15-28-19-8-6-5-7-9-19/h5-11,16H,3-4,12-15,17H2,1-2H3,(H,23,24). The van der Waals surface area contributed by atoms with Crippen molar-refractivity contribution in [3.8, 4) is 17.2 Å². The number of amides is 1.